The average molecular weight is 496 g/mol. The molecule has 0 radical (unpaired) electrons. The largest absolute Gasteiger partial charge is 0.491 e. The molecule has 1 fully saturated rings. The number of anilines is 1. The molecule has 0 aliphatic carbocycles. The zero-order chi connectivity index (χ0) is 25.0. The number of rotatable bonds is 9. The van der Waals surface area contributed by atoms with Gasteiger partial charge in [-0.1, -0.05) is 42.5 Å². The summed E-state index contributed by atoms with van der Waals surface area (Å²) in [5.74, 6) is 0.716. The maximum atomic E-state index is 13.0. The third-order valence-corrected chi connectivity index (χ3v) is 6.78. The van der Waals surface area contributed by atoms with Crippen LogP contribution in [0.25, 0.3) is 11.1 Å². The van der Waals surface area contributed by atoms with Crippen LogP contribution in [0, 0.1) is 6.92 Å². The Labute approximate surface area is 205 Å². The van der Waals surface area contributed by atoms with Gasteiger partial charge in [-0.25, -0.2) is 8.42 Å². The van der Waals surface area contributed by atoms with E-state index in [-0.39, 0.29) is 18.3 Å². The molecule has 184 valence electrons. The topological polar surface area (TPSA) is 93.1 Å². The van der Waals surface area contributed by atoms with Crippen LogP contribution in [0.5, 0.6) is 11.5 Å². The highest BCUT2D eigenvalue weighted by Crippen LogP contribution is 2.30. The molecule has 1 aliphatic heterocycles. The van der Waals surface area contributed by atoms with Crippen molar-refractivity contribution in [2.24, 2.45) is 0 Å². The molecule has 1 amide bonds. The van der Waals surface area contributed by atoms with Crippen LogP contribution in [0.4, 0.5) is 5.69 Å². The first-order valence-corrected chi connectivity index (χ1v) is 13.5. The van der Waals surface area contributed by atoms with Crippen molar-refractivity contribution in [3.05, 3.63) is 78.4 Å². The summed E-state index contributed by atoms with van der Waals surface area (Å²) in [5, 5.41) is 9.85. The number of amides is 1. The molecule has 0 aromatic heterocycles. The number of aryl methyl sites for hydroxylation is 1. The third kappa shape index (κ3) is 6.41. The van der Waals surface area contributed by atoms with E-state index in [0.717, 1.165) is 28.6 Å². The zero-order valence-corrected chi connectivity index (χ0v) is 20.6. The van der Waals surface area contributed by atoms with Gasteiger partial charge in [0.15, 0.2) is 6.10 Å². The molecule has 0 saturated carbocycles. The van der Waals surface area contributed by atoms with Crippen molar-refractivity contribution in [2.75, 3.05) is 30.1 Å². The summed E-state index contributed by atoms with van der Waals surface area (Å²) in [7, 11) is -3.29. The third-order valence-electron chi connectivity index (χ3n) is 5.79. The molecular weight excluding hydrogens is 466 g/mol. The Kier molecular flexibility index (Phi) is 7.42. The molecule has 8 heteroatoms. The molecule has 0 spiro atoms. The lowest BCUT2D eigenvalue weighted by atomic mass is 10.1. The van der Waals surface area contributed by atoms with Crippen molar-refractivity contribution in [2.45, 2.75) is 25.6 Å². The second-order valence-electron chi connectivity index (χ2n) is 8.78. The van der Waals surface area contributed by atoms with Crippen LogP contribution in [0.2, 0.25) is 0 Å². The summed E-state index contributed by atoms with van der Waals surface area (Å²) >= 11 is 0. The van der Waals surface area contributed by atoms with E-state index >= 15 is 0 Å². The predicted molar refractivity (Wildman–Crippen MR) is 136 cm³/mol. The van der Waals surface area contributed by atoms with E-state index < -0.39 is 22.0 Å². The lowest BCUT2D eigenvalue weighted by Crippen LogP contribution is -2.32. The van der Waals surface area contributed by atoms with E-state index in [4.69, 9.17) is 9.47 Å². The van der Waals surface area contributed by atoms with Gasteiger partial charge in [0.1, 0.15) is 34.0 Å². The van der Waals surface area contributed by atoms with E-state index in [0.29, 0.717) is 24.5 Å². The number of aliphatic hydroxyl groups is 1. The zero-order valence-electron chi connectivity index (χ0n) is 19.8. The van der Waals surface area contributed by atoms with Gasteiger partial charge < -0.3 is 19.5 Å². The average Bonchev–Trinajstić information content (AvgIpc) is 3.18. The first-order chi connectivity index (χ1) is 16.7. The fourth-order valence-electron chi connectivity index (χ4n) is 4.09. The maximum absolute atomic E-state index is 13.0. The van der Waals surface area contributed by atoms with Gasteiger partial charge in [0.25, 0.3) is 5.91 Å². The van der Waals surface area contributed by atoms with Crippen molar-refractivity contribution < 1.29 is 27.8 Å². The molecule has 1 aliphatic rings. The summed E-state index contributed by atoms with van der Waals surface area (Å²) in [6, 6.07) is 23.1. The van der Waals surface area contributed by atoms with Gasteiger partial charge in [0.05, 0.1) is 5.75 Å². The van der Waals surface area contributed by atoms with E-state index in [1.807, 2.05) is 67.6 Å². The molecule has 1 saturated heterocycles. The molecule has 4 rings (SSSR count). The fraction of sp³-hybridized carbons (Fsp3) is 0.296. The van der Waals surface area contributed by atoms with Crippen molar-refractivity contribution >= 4 is 21.4 Å². The summed E-state index contributed by atoms with van der Waals surface area (Å²) in [4.78, 5) is 14.7. The van der Waals surface area contributed by atoms with E-state index in [1.54, 1.807) is 17.0 Å². The van der Waals surface area contributed by atoms with Gasteiger partial charge in [-0.05, 0) is 53.9 Å². The highest BCUT2D eigenvalue weighted by atomic mass is 32.2. The van der Waals surface area contributed by atoms with Crippen LogP contribution in [-0.4, -0.2) is 56.8 Å². The standard InChI is InChI=1S/C27H29NO6S/c1-19-16-22(10-13-25(19)33-17-23(29)18-35(2,31)32)28-15-14-26(27(28)30)34-24-11-8-21(9-12-24)20-6-4-3-5-7-20/h3-13,16,23,26,29H,14-15,17-18H2,1-2H3/t23-,26?/m0/s1. The van der Waals surface area contributed by atoms with Crippen LogP contribution in [-0.2, 0) is 14.6 Å². The fourth-order valence-corrected chi connectivity index (χ4v) is 4.88. The molecule has 7 nitrogen and oxygen atoms in total. The lowest BCUT2D eigenvalue weighted by molar-refractivity contribution is -0.122. The number of benzene rings is 3. The second-order valence-corrected chi connectivity index (χ2v) is 11.0. The molecule has 35 heavy (non-hydrogen) atoms. The van der Waals surface area contributed by atoms with Gasteiger partial charge in [0.2, 0.25) is 0 Å². The Hall–Kier alpha value is -3.36. The number of carbonyl (C=O) groups excluding carboxylic acids is 1. The summed E-state index contributed by atoms with van der Waals surface area (Å²) in [6.45, 7) is 2.25. The predicted octanol–water partition coefficient (Wildman–Crippen LogP) is 3.63. The Morgan fingerprint density at radius 1 is 1.03 bits per heavy atom. The number of hydrogen-bond acceptors (Lipinski definition) is 6. The highest BCUT2D eigenvalue weighted by molar-refractivity contribution is 7.90. The Balaban J connectivity index is 1.36. The van der Waals surface area contributed by atoms with E-state index in [9.17, 15) is 18.3 Å². The number of sulfone groups is 1. The molecule has 0 bridgehead atoms. The van der Waals surface area contributed by atoms with E-state index in [2.05, 4.69) is 0 Å². The van der Waals surface area contributed by atoms with Crippen molar-refractivity contribution in [3.8, 4) is 22.6 Å². The van der Waals surface area contributed by atoms with Crippen LogP contribution >= 0.6 is 0 Å². The summed E-state index contributed by atoms with van der Waals surface area (Å²) < 4.78 is 34.2. The number of carbonyl (C=O) groups is 1. The molecule has 1 N–H and O–H groups in total. The summed E-state index contributed by atoms with van der Waals surface area (Å²) in [5.41, 5.74) is 3.72. The SMILES string of the molecule is Cc1cc(N2CCC(Oc3ccc(-c4ccccc4)cc3)C2=O)ccc1OC[C@H](O)CS(C)(=O)=O. The maximum Gasteiger partial charge on any atom is 0.268 e. The first kappa shape index (κ1) is 24.8. The van der Waals surface area contributed by atoms with Crippen LogP contribution in [0.1, 0.15) is 12.0 Å². The Bertz CT molecular complexity index is 1270. The first-order valence-electron chi connectivity index (χ1n) is 11.4. The summed E-state index contributed by atoms with van der Waals surface area (Å²) in [6.07, 6.45) is -0.0160. The molecule has 3 aromatic carbocycles. The van der Waals surface area contributed by atoms with Crippen molar-refractivity contribution in [1.29, 1.82) is 0 Å². The number of aliphatic hydroxyl groups excluding tert-OH is 1. The monoisotopic (exact) mass is 495 g/mol. The van der Waals surface area contributed by atoms with Gasteiger partial charge in [-0.3, -0.25) is 4.79 Å². The normalized spacial score (nSPS) is 16.8. The number of nitrogens with zero attached hydrogens (tertiary/aromatic N) is 1. The van der Waals surface area contributed by atoms with Crippen LogP contribution in [0.15, 0.2) is 72.8 Å². The van der Waals surface area contributed by atoms with Crippen LogP contribution in [0.3, 0.4) is 0 Å². The smallest absolute Gasteiger partial charge is 0.268 e. The quantitative estimate of drug-likeness (QED) is 0.487. The Morgan fingerprint density at radius 3 is 2.37 bits per heavy atom. The van der Waals surface area contributed by atoms with E-state index in [1.165, 1.54) is 0 Å². The van der Waals surface area contributed by atoms with Crippen molar-refractivity contribution in [3.63, 3.8) is 0 Å². The van der Waals surface area contributed by atoms with Crippen LogP contribution < -0.4 is 14.4 Å². The molecule has 1 heterocycles. The highest BCUT2D eigenvalue weighted by Gasteiger charge is 2.34. The van der Waals surface area contributed by atoms with Gasteiger partial charge in [-0.15, -0.1) is 0 Å². The Morgan fingerprint density at radius 2 is 1.71 bits per heavy atom. The number of ether oxygens (including phenoxy) is 2. The minimum absolute atomic E-state index is 0.103. The lowest BCUT2D eigenvalue weighted by Gasteiger charge is -2.19. The molecular formula is C27H29NO6S. The molecule has 2 atom stereocenters. The van der Waals surface area contributed by atoms with Gasteiger partial charge in [0, 0.05) is 24.9 Å². The molecule has 1 unspecified atom stereocenters. The van der Waals surface area contributed by atoms with Crippen molar-refractivity contribution in [1.82, 2.24) is 0 Å². The second kappa shape index (κ2) is 10.5. The minimum atomic E-state index is -3.29. The molecule has 3 aromatic rings. The minimum Gasteiger partial charge on any atom is -0.491 e. The number of hydrogen-bond donors (Lipinski definition) is 1. The van der Waals surface area contributed by atoms with Gasteiger partial charge in [-0.2, -0.15) is 0 Å². The van der Waals surface area contributed by atoms with Gasteiger partial charge >= 0.3 is 0 Å².